The van der Waals surface area contributed by atoms with Crippen molar-refractivity contribution in [3.63, 3.8) is 0 Å². The average Bonchev–Trinajstić information content (AvgIpc) is 3.14. The lowest BCUT2D eigenvalue weighted by Gasteiger charge is -2.09. The summed E-state index contributed by atoms with van der Waals surface area (Å²) in [6.07, 6.45) is -2.12. The van der Waals surface area contributed by atoms with Crippen LogP contribution < -0.4 is 5.32 Å². The van der Waals surface area contributed by atoms with Crippen LogP contribution in [0.3, 0.4) is 0 Å². The van der Waals surface area contributed by atoms with E-state index in [4.69, 9.17) is 0 Å². The Hall–Kier alpha value is -3.14. The third kappa shape index (κ3) is 4.54. The van der Waals surface area contributed by atoms with Crippen LogP contribution in [0.2, 0.25) is 0 Å². The molecule has 0 saturated heterocycles. The molecule has 10 heteroatoms. The summed E-state index contributed by atoms with van der Waals surface area (Å²) >= 11 is 1.41. The van der Waals surface area contributed by atoms with Crippen molar-refractivity contribution in [3.8, 4) is 0 Å². The molecule has 0 radical (unpaired) electrons. The van der Waals surface area contributed by atoms with Crippen LogP contribution >= 0.6 is 11.8 Å². The molecule has 0 bridgehead atoms. The number of aromatic nitrogens is 4. The van der Waals surface area contributed by atoms with Gasteiger partial charge in [-0.2, -0.15) is 13.2 Å². The van der Waals surface area contributed by atoms with Gasteiger partial charge in [-0.05, 0) is 36.8 Å². The minimum atomic E-state index is -4.45. The van der Waals surface area contributed by atoms with E-state index in [2.05, 4.69) is 20.4 Å². The van der Waals surface area contributed by atoms with Crippen molar-refractivity contribution >= 4 is 39.9 Å². The monoisotopic (exact) mass is 431 g/mol. The summed E-state index contributed by atoms with van der Waals surface area (Å²) in [7, 11) is 0. The van der Waals surface area contributed by atoms with Gasteiger partial charge in [0, 0.05) is 23.2 Å². The molecule has 30 heavy (non-hydrogen) atoms. The molecule has 0 spiro atoms. The number of carbonyl (C=O) groups is 1. The Morgan fingerprint density at radius 1 is 1.13 bits per heavy atom. The van der Waals surface area contributed by atoms with E-state index in [1.807, 2.05) is 24.3 Å². The van der Waals surface area contributed by atoms with Gasteiger partial charge in [0.1, 0.15) is 6.33 Å². The topological polar surface area (TPSA) is 72.2 Å². The zero-order chi connectivity index (χ0) is 21.1. The van der Waals surface area contributed by atoms with Crippen LogP contribution in [0.1, 0.15) is 18.4 Å². The maximum Gasteiger partial charge on any atom is 0.416 e. The number of para-hydroxylation sites is 1. The zero-order valence-electron chi connectivity index (χ0n) is 15.6. The summed E-state index contributed by atoms with van der Waals surface area (Å²) in [5.74, 6) is 0.256. The van der Waals surface area contributed by atoms with Crippen molar-refractivity contribution in [2.45, 2.75) is 24.2 Å². The molecule has 1 N–H and O–H groups in total. The number of anilines is 1. The van der Waals surface area contributed by atoms with Gasteiger partial charge in [-0.15, -0.1) is 5.10 Å². The van der Waals surface area contributed by atoms with Crippen molar-refractivity contribution in [1.82, 2.24) is 19.6 Å². The first-order valence-corrected chi connectivity index (χ1v) is 10.1. The number of amides is 1. The lowest BCUT2D eigenvalue weighted by Crippen LogP contribution is -2.12. The van der Waals surface area contributed by atoms with Crippen molar-refractivity contribution in [2.75, 3.05) is 11.1 Å². The lowest BCUT2D eigenvalue weighted by molar-refractivity contribution is -0.137. The lowest BCUT2D eigenvalue weighted by atomic mass is 10.2. The number of nitrogens with zero attached hydrogens (tertiary/aromatic N) is 4. The van der Waals surface area contributed by atoms with Crippen LogP contribution in [-0.4, -0.2) is 31.2 Å². The molecule has 2 aromatic heterocycles. The summed E-state index contributed by atoms with van der Waals surface area (Å²) in [6.45, 7) is 0. The number of halogens is 3. The first kappa shape index (κ1) is 20.1. The SMILES string of the molecule is O=C(CCCSc1nc2c3ccccc3ncn2n1)Nc1cccc(C(F)(F)F)c1. The van der Waals surface area contributed by atoms with Crippen molar-refractivity contribution in [2.24, 2.45) is 0 Å². The minimum Gasteiger partial charge on any atom is -0.326 e. The molecule has 2 aromatic carbocycles. The minimum absolute atomic E-state index is 0.129. The number of alkyl halides is 3. The second-order valence-electron chi connectivity index (χ2n) is 6.50. The Balaban J connectivity index is 1.31. The van der Waals surface area contributed by atoms with E-state index >= 15 is 0 Å². The van der Waals surface area contributed by atoms with Gasteiger partial charge in [-0.1, -0.05) is 30.0 Å². The molecule has 154 valence electrons. The summed E-state index contributed by atoms with van der Waals surface area (Å²) in [4.78, 5) is 20.9. The van der Waals surface area contributed by atoms with Crippen LogP contribution in [0.4, 0.5) is 18.9 Å². The highest BCUT2D eigenvalue weighted by Crippen LogP contribution is 2.30. The molecule has 4 aromatic rings. The number of carbonyl (C=O) groups excluding carboxylic acids is 1. The largest absolute Gasteiger partial charge is 0.416 e. The summed E-state index contributed by atoms with van der Waals surface area (Å²) in [5, 5.41) is 8.36. The summed E-state index contributed by atoms with van der Waals surface area (Å²) in [5.41, 5.74) is 0.880. The van der Waals surface area contributed by atoms with Gasteiger partial charge in [0.05, 0.1) is 11.1 Å². The van der Waals surface area contributed by atoms with Gasteiger partial charge in [0.15, 0.2) is 5.65 Å². The van der Waals surface area contributed by atoms with E-state index in [1.165, 1.54) is 23.9 Å². The molecule has 0 fully saturated rings. The number of rotatable bonds is 6. The smallest absolute Gasteiger partial charge is 0.326 e. The third-order valence-corrected chi connectivity index (χ3v) is 5.24. The van der Waals surface area contributed by atoms with Crippen LogP contribution in [0, 0.1) is 0 Å². The van der Waals surface area contributed by atoms with Gasteiger partial charge in [-0.25, -0.2) is 14.5 Å². The van der Waals surface area contributed by atoms with E-state index in [1.54, 1.807) is 10.8 Å². The predicted octanol–water partition coefficient (Wildman–Crippen LogP) is 4.81. The highest BCUT2D eigenvalue weighted by Gasteiger charge is 2.30. The first-order chi connectivity index (χ1) is 14.4. The fourth-order valence-electron chi connectivity index (χ4n) is 2.91. The zero-order valence-corrected chi connectivity index (χ0v) is 16.4. The number of benzene rings is 2. The quantitative estimate of drug-likeness (QED) is 0.351. The number of fused-ring (bicyclic) bond motifs is 3. The second-order valence-corrected chi connectivity index (χ2v) is 7.57. The number of nitrogens with one attached hydrogen (secondary N) is 1. The Morgan fingerprint density at radius 3 is 2.80 bits per heavy atom. The average molecular weight is 431 g/mol. The van der Waals surface area contributed by atoms with E-state index < -0.39 is 11.7 Å². The van der Waals surface area contributed by atoms with Crippen LogP contribution in [0.25, 0.3) is 16.6 Å². The van der Waals surface area contributed by atoms with E-state index in [-0.39, 0.29) is 18.0 Å². The molecule has 0 saturated carbocycles. The molecule has 0 unspecified atom stereocenters. The first-order valence-electron chi connectivity index (χ1n) is 9.10. The van der Waals surface area contributed by atoms with Crippen LogP contribution in [0.5, 0.6) is 0 Å². The highest BCUT2D eigenvalue weighted by molar-refractivity contribution is 7.99. The van der Waals surface area contributed by atoms with Gasteiger partial charge in [0.25, 0.3) is 0 Å². The standard InChI is InChI=1S/C20H16F3N5OS/c21-20(22,23)13-5-3-6-14(11-13)25-17(29)9-4-10-30-19-26-18-15-7-1-2-8-16(15)24-12-28(18)27-19/h1-3,5-8,11-12H,4,9-10H2,(H,25,29). The molecule has 1 amide bonds. The fourth-order valence-corrected chi connectivity index (χ4v) is 3.68. The Morgan fingerprint density at radius 2 is 1.97 bits per heavy atom. The molecular formula is C20H16F3N5OS. The molecule has 2 heterocycles. The van der Waals surface area contributed by atoms with Crippen molar-refractivity contribution in [3.05, 3.63) is 60.4 Å². The summed E-state index contributed by atoms with van der Waals surface area (Å²) < 4.78 is 39.9. The Labute approximate surface area is 173 Å². The number of hydrogen-bond acceptors (Lipinski definition) is 5. The van der Waals surface area contributed by atoms with Gasteiger partial charge >= 0.3 is 6.18 Å². The predicted molar refractivity (Wildman–Crippen MR) is 108 cm³/mol. The normalized spacial score (nSPS) is 11.8. The molecule has 0 aliphatic heterocycles. The number of thioether (sulfide) groups is 1. The second kappa shape index (κ2) is 8.31. The van der Waals surface area contributed by atoms with Crippen molar-refractivity contribution in [1.29, 1.82) is 0 Å². The van der Waals surface area contributed by atoms with E-state index in [0.717, 1.165) is 23.0 Å². The maximum absolute atomic E-state index is 12.7. The van der Waals surface area contributed by atoms with Crippen LogP contribution in [0.15, 0.2) is 60.0 Å². The molecular weight excluding hydrogens is 415 g/mol. The van der Waals surface area contributed by atoms with Gasteiger partial charge in [0.2, 0.25) is 11.1 Å². The van der Waals surface area contributed by atoms with E-state index in [0.29, 0.717) is 23.0 Å². The molecule has 6 nitrogen and oxygen atoms in total. The number of hydrogen-bond donors (Lipinski definition) is 1. The van der Waals surface area contributed by atoms with Crippen LogP contribution in [-0.2, 0) is 11.0 Å². The van der Waals surface area contributed by atoms with Gasteiger partial charge in [-0.3, -0.25) is 4.79 Å². The molecule has 0 aliphatic carbocycles. The molecule has 0 aliphatic rings. The molecule has 4 rings (SSSR count). The van der Waals surface area contributed by atoms with Gasteiger partial charge < -0.3 is 5.32 Å². The maximum atomic E-state index is 12.7. The van der Waals surface area contributed by atoms with E-state index in [9.17, 15) is 18.0 Å². The molecule has 0 atom stereocenters. The Bertz CT molecular complexity index is 1210. The van der Waals surface area contributed by atoms with Crippen molar-refractivity contribution < 1.29 is 18.0 Å². The Kier molecular flexibility index (Phi) is 5.58. The summed E-state index contributed by atoms with van der Waals surface area (Å²) in [6, 6.07) is 12.2. The fraction of sp³-hybridized carbons (Fsp3) is 0.200. The highest BCUT2D eigenvalue weighted by atomic mass is 32.2. The third-order valence-electron chi connectivity index (χ3n) is 4.32.